The zero-order valence-corrected chi connectivity index (χ0v) is 10.7. The SMILES string of the molecule is O=C1OCc2c1ccc(CCN1CCNCC1)c2F. The van der Waals surface area contributed by atoms with E-state index >= 15 is 0 Å². The second-order valence-corrected chi connectivity index (χ2v) is 4.98. The van der Waals surface area contributed by atoms with Gasteiger partial charge in [-0.2, -0.15) is 0 Å². The molecule has 1 fully saturated rings. The molecule has 0 spiro atoms. The average Bonchev–Trinajstić information content (AvgIpc) is 2.82. The molecule has 4 nitrogen and oxygen atoms in total. The maximum Gasteiger partial charge on any atom is 0.338 e. The van der Waals surface area contributed by atoms with Crippen LogP contribution in [0.3, 0.4) is 0 Å². The number of nitrogens with one attached hydrogen (secondary N) is 1. The summed E-state index contributed by atoms with van der Waals surface area (Å²) in [6.45, 7) is 4.93. The van der Waals surface area contributed by atoms with E-state index in [0.29, 0.717) is 23.1 Å². The van der Waals surface area contributed by atoms with Crippen molar-refractivity contribution in [3.8, 4) is 0 Å². The predicted molar refractivity (Wildman–Crippen MR) is 68.5 cm³/mol. The van der Waals surface area contributed by atoms with Gasteiger partial charge in [-0.25, -0.2) is 9.18 Å². The van der Waals surface area contributed by atoms with Crippen LogP contribution in [0.2, 0.25) is 0 Å². The number of rotatable bonds is 3. The number of halogens is 1. The maximum absolute atomic E-state index is 14.2. The molecular formula is C14H17FN2O2. The minimum Gasteiger partial charge on any atom is -0.457 e. The molecule has 2 heterocycles. The molecule has 5 heteroatoms. The molecule has 2 aliphatic rings. The molecule has 1 saturated heterocycles. The van der Waals surface area contributed by atoms with E-state index in [-0.39, 0.29) is 12.4 Å². The first-order valence-electron chi connectivity index (χ1n) is 6.66. The van der Waals surface area contributed by atoms with E-state index in [4.69, 9.17) is 4.74 Å². The summed E-state index contributed by atoms with van der Waals surface area (Å²) < 4.78 is 19.1. The molecule has 102 valence electrons. The van der Waals surface area contributed by atoms with Crippen LogP contribution >= 0.6 is 0 Å². The van der Waals surface area contributed by atoms with Crippen molar-refractivity contribution in [1.29, 1.82) is 0 Å². The molecular weight excluding hydrogens is 247 g/mol. The lowest BCUT2D eigenvalue weighted by Crippen LogP contribution is -2.44. The van der Waals surface area contributed by atoms with Crippen LogP contribution in [0.15, 0.2) is 12.1 Å². The van der Waals surface area contributed by atoms with Crippen molar-refractivity contribution in [3.63, 3.8) is 0 Å². The van der Waals surface area contributed by atoms with Gasteiger partial charge in [0.25, 0.3) is 0 Å². The summed E-state index contributed by atoms with van der Waals surface area (Å²) >= 11 is 0. The third-order valence-corrected chi connectivity index (χ3v) is 3.80. The normalized spacial score (nSPS) is 19.3. The zero-order valence-electron chi connectivity index (χ0n) is 10.7. The van der Waals surface area contributed by atoms with Crippen LogP contribution in [0.1, 0.15) is 21.5 Å². The van der Waals surface area contributed by atoms with Crippen LogP contribution in [0.4, 0.5) is 4.39 Å². The third-order valence-electron chi connectivity index (χ3n) is 3.80. The Balaban J connectivity index is 1.70. The minimum absolute atomic E-state index is 0.0709. The number of hydrogen-bond donors (Lipinski definition) is 1. The number of piperazine rings is 1. The Labute approximate surface area is 111 Å². The smallest absolute Gasteiger partial charge is 0.338 e. The summed E-state index contributed by atoms with van der Waals surface area (Å²) in [6, 6.07) is 3.39. The number of cyclic esters (lactones) is 1. The lowest BCUT2D eigenvalue weighted by Gasteiger charge is -2.27. The first-order chi connectivity index (χ1) is 9.25. The summed E-state index contributed by atoms with van der Waals surface area (Å²) in [6.07, 6.45) is 0.674. The molecule has 1 aromatic carbocycles. The van der Waals surface area contributed by atoms with Gasteiger partial charge in [0.15, 0.2) is 0 Å². The fourth-order valence-corrected chi connectivity index (χ4v) is 2.62. The van der Waals surface area contributed by atoms with Gasteiger partial charge in [0, 0.05) is 38.3 Å². The molecule has 2 aliphatic heterocycles. The van der Waals surface area contributed by atoms with Crippen molar-refractivity contribution >= 4 is 5.97 Å². The quantitative estimate of drug-likeness (QED) is 0.825. The average molecular weight is 264 g/mol. The summed E-state index contributed by atoms with van der Waals surface area (Å²) in [4.78, 5) is 13.7. The van der Waals surface area contributed by atoms with Crippen molar-refractivity contribution < 1.29 is 13.9 Å². The first-order valence-corrected chi connectivity index (χ1v) is 6.66. The Morgan fingerprint density at radius 1 is 1.32 bits per heavy atom. The number of carbonyl (C=O) groups is 1. The van der Waals surface area contributed by atoms with Crippen molar-refractivity contribution in [1.82, 2.24) is 10.2 Å². The Bertz CT molecular complexity index is 498. The molecule has 1 N–H and O–H groups in total. The van der Waals surface area contributed by atoms with E-state index in [9.17, 15) is 9.18 Å². The standard InChI is InChI=1S/C14H17FN2O2/c15-13-10(3-6-17-7-4-16-5-8-17)1-2-11-12(13)9-19-14(11)18/h1-2,16H,3-9H2. The van der Waals surface area contributed by atoms with Gasteiger partial charge in [0.05, 0.1) is 5.56 Å². The Morgan fingerprint density at radius 3 is 2.89 bits per heavy atom. The molecule has 0 aromatic heterocycles. The van der Waals surface area contributed by atoms with Crippen molar-refractivity contribution in [2.24, 2.45) is 0 Å². The second-order valence-electron chi connectivity index (χ2n) is 4.98. The lowest BCUT2D eigenvalue weighted by atomic mass is 10.0. The van der Waals surface area contributed by atoms with Gasteiger partial charge < -0.3 is 15.0 Å². The van der Waals surface area contributed by atoms with Crippen molar-refractivity contribution in [2.75, 3.05) is 32.7 Å². The third kappa shape index (κ3) is 2.48. The second kappa shape index (κ2) is 5.27. The molecule has 0 atom stereocenters. The monoisotopic (exact) mass is 264 g/mol. The molecule has 0 unspecified atom stereocenters. The Morgan fingerprint density at radius 2 is 2.11 bits per heavy atom. The van der Waals surface area contributed by atoms with Gasteiger partial charge in [-0.3, -0.25) is 0 Å². The van der Waals surface area contributed by atoms with Crippen LogP contribution in [0, 0.1) is 5.82 Å². The number of carbonyl (C=O) groups excluding carboxylic acids is 1. The fourth-order valence-electron chi connectivity index (χ4n) is 2.62. The maximum atomic E-state index is 14.2. The van der Waals surface area contributed by atoms with Crippen LogP contribution in [-0.2, 0) is 17.8 Å². The molecule has 3 rings (SSSR count). The molecule has 1 aromatic rings. The van der Waals surface area contributed by atoms with Crippen LogP contribution < -0.4 is 5.32 Å². The number of hydrogen-bond acceptors (Lipinski definition) is 4. The van der Waals surface area contributed by atoms with E-state index in [1.165, 1.54) is 0 Å². The van der Waals surface area contributed by atoms with Gasteiger partial charge in [0.2, 0.25) is 0 Å². The molecule has 0 saturated carbocycles. The van der Waals surface area contributed by atoms with Gasteiger partial charge in [-0.05, 0) is 18.1 Å². The summed E-state index contributed by atoms with van der Waals surface area (Å²) in [5, 5.41) is 3.29. The van der Waals surface area contributed by atoms with Gasteiger partial charge in [-0.15, -0.1) is 0 Å². The van der Waals surface area contributed by atoms with Gasteiger partial charge >= 0.3 is 5.97 Å². The topological polar surface area (TPSA) is 41.6 Å². The number of esters is 1. The summed E-state index contributed by atoms with van der Waals surface area (Å²) in [7, 11) is 0. The number of nitrogens with zero attached hydrogens (tertiary/aromatic N) is 1. The van der Waals surface area contributed by atoms with Crippen LogP contribution in [0.25, 0.3) is 0 Å². The number of benzene rings is 1. The van der Waals surface area contributed by atoms with Crippen molar-refractivity contribution in [3.05, 3.63) is 34.6 Å². The highest BCUT2D eigenvalue weighted by Crippen LogP contribution is 2.25. The van der Waals surface area contributed by atoms with Gasteiger partial charge in [0.1, 0.15) is 12.4 Å². The Kier molecular flexibility index (Phi) is 3.48. The molecule has 19 heavy (non-hydrogen) atoms. The summed E-state index contributed by atoms with van der Waals surface area (Å²) in [5.74, 6) is -0.680. The van der Waals surface area contributed by atoms with Crippen LogP contribution in [0.5, 0.6) is 0 Å². The van der Waals surface area contributed by atoms with E-state index in [1.807, 2.05) is 0 Å². The largest absolute Gasteiger partial charge is 0.457 e. The number of ether oxygens (including phenoxy) is 1. The first kappa shape index (κ1) is 12.6. The molecule has 0 radical (unpaired) electrons. The minimum atomic E-state index is -0.414. The molecule has 0 bridgehead atoms. The zero-order chi connectivity index (χ0) is 13.2. The van der Waals surface area contributed by atoms with Crippen molar-refractivity contribution in [2.45, 2.75) is 13.0 Å². The highest BCUT2D eigenvalue weighted by molar-refractivity contribution is 5.93. The highest BCUT2D eigenvalue weighted by Gasteiger charge is 2.26. The van der Waals surface area contributed by atoms with E-state index < -0.39 is 5.97 Å². The summed E-state index contributed by atoms with van der Waals surface area (Å²) in [5.41, 5.74) is 1.47. The predicted octanol–water partition coefficient (Wildman–Crippen LogP) is 0.944. The van der Waals surface area contributed by atoms with E-state index in [2.05, 4.69) is 10.2 Å². The van der Waals surface area contributed by atoms with E-state index in [1.54, 1.807) is 12.1 Å². The molecule has 0 amide bonds. The molecule has 0 aliphatic carbocycles. The Hall–Kier alpha value is -1.46. The highest BCUT2D eigenvalue weighted by atomic mass is 19.1. The van der Waals surface area contributed by atoms with Gasteiger partial charge in [-0.1, -0.05) is 6.07 Å². The fraction of sp³-hybridized carbons (Fsp3) is 0.500. The number of fused-ring (bicyclic) bond motifs is 1. The lowest BCUT2D eigenvalue weighted by molar-refractivity contribution is 0.0534. The van der Waals surface area contributed by atoms with E-state index in [0.717, 1.165) is 32.7 Å². The van der Waals surface area contributed by atoms with Crippen LogP contribution in [-0.4, -0.2) is 43.6 Å².